The summed E-state index contributed by atoms with van der Waals surface area (Å²) in [7, 11) is 0. The first kappa shape index (κ1) is 9.89. The minimum Gasteiger partial charge on any atom is -0.179 e. The highest BCUT2D eigenvalue weighted by atomic mass is 32.1. The molecule has 0 aromatic carbocycles. The second-order valence-corrected chi connectivity index (χ2v) is 6.41. The summed E-state index contributed by atoms with van der Waals surface area (Å²) in [6, 6.07) is 0. The summed E-state index contributed by atoms with van der Waals surface area (Å²) in [6.07, 6.45) is 6.05. The summed E-state index contributed by atoms with van der Waals surface area (Å²) >= 11 is 9.06. The van der Waals surface area contributed by atoms with Gasteiger partial charge in [-0.15, -0.1) is 0 Å². The van der Waals surface area contributed by atoms with E-state index in [1.54, 1.807) is 0 Å². The molecule has 0 aliphatic heterocycles. The highest BCUT2D eigenvalue weighted by molar-refractivity contribution is 7.80. The molecule has 2 heteroatoms. The van der Waals surface area contributed by atoms with Crippen molar-refractivity contribution < 1.29 is 0 Å². The molecule has 0 N–H and O–H groups in total. The highest BCUT2D eigenvalue weighted by Crippen LogP contribution is 2.60. The predicted octanol–water partition coefficient (Wildman–Crippen LogP) is 3.14. The van der Waals surface area contributed by atoms with E-state index < -0.39 is 0 Å². The molecule has 3 aliphatic rings. The fourth-order valence-electron chi connectivity index (χ4n) is 4.64. The van der Waals surface area contributed by atoms with Crippen molar-refractivity contribution in [3.05, 3.63) is 0 Å². The number of hydrogen-bond donors (Lipinski definition) is 2. The van der Waals surface area contributed by atoms with Gasteiger partial charge in [0, 0.05) is 0 Å². The third kappa shape index (κ3) is 1.29. The minimum absolute atomic E-state index is 0.945. The maximum Gasteiger partial charge on any atom is -0.00666 e. The fraction of sp³-hybridized carbons (Fsp3) is 1.00. The third-order valence-electron chi connectivity index (χ3n) is 5.26. The molecule has 0 aromatic rings. The summed E-state index contributed by atoms with van der Waals surface area (Å²) in [6.45, 7) is 0. The van der Waals surface area contributed by atoms with E-state index in [1.807, 2.05) is 0 Å². The molecule has 0 spiro atoms. The summed E-state index contributed by atoms with van der Waals surface area (Å²) < 4.78 is 0. The Morgan fingerprint density at radius 3 is 1.50 bits per heavy atom. The van der Waals surface area contributed by atoms with Crippen LogP contribution < -0.4 is 0 Å². The van der Waals surface area contributed by atoms with Crippen LogP contribution >= 0.6 is 25.3 Å². The van der Waals surface area contributed by atoms with Crippen LogP contribution in [0.3, 0.4) is 0 Å². The van der Waals surface area contributed by atoms with Crippen LogP contribution in [0.5, 0.6) is 0 Å². The Bertz CT molecular complexity index is 204. The van der Waals surface area contributed by atoms with Crippen molar-refractivity contribution in [1.29, 1.82) is 0 Å². The van der Waals surface area contributed by atoms with Crippen molar-refractivity contribution in [3.8, 4) is 0 Å². The fourth-order valence-corrected chi connectivity index (χ4v) is 5.48. The molecule has 0 radical (unpaired) electrons. The Labute approximate surface area is 98.0 Å². The summed E-state index contributed by atoms with van der Waals surface area (Å²) in [5.41, 5.74) is 0. The average molecular weight is 228 g/mol. The quantitative estimate of drug-likeness (QED) is 0.667. The minimum atomic E-state index is 0.945. The van der Waals surface area contributed by atoms with E-state index in [0.29, 0.717) is 0 Å². The molecule has 3 saturated carbocycles. The first-order valence-electron chi connectivity index (χ1n) is 6.05. The molecule has 3 aliphatic carbocycles. The molecule has 6 atom stereocenters. The van der Waals surface area contributed by atoms with Crippen LogP contribution in [0.25, 0.3) is 0 Å². The van der Waals surface area contributed by atoms with E-state index in [4.69, 9.17) is 0 Å². The predicted molar refractivity (Wildman–Crippen MR) is 67.1 cm³/mol. The summed E-state index contributed by atoms with van der Waals surface area (Å²) in [5, 5.41) is 0. The molecule has 80 valence electrons. The van der Waals surface area contributed by atoms with Crippen LogP contribution in [-0.2, 0) is 0 Å². The van der Waals surface area contributed by atoms with Crippen LogP contribution in [-0.4, -0.2) is 11.5 Å². The molecule has 0 amide bonds. The molecule has 3 fully saturated rings. The van der Waals surface area contributed by atoms with E-state index in [0.717, 1.165) is 47.0 Å². The lowest BCUT2D eigenvalue weighted by Crippen LogP contribution is -2.25. The third-order valence-corrected chi connectivity index (χ3v) is 6.20. The molecule has 3 rings (SSSR count). The molecule has 4 bridgehead atoms. The maximum absolute atomic E-state index is 4.53. The van der Waals surface area contributed by atoms with E-state index in [1.165, 1.54) is 25.7 Å². The van der Waals surface area contributed by atoms with Gasteiger partial charge in [-0.2, -0.15) is 25.3 Å². The molecular formula is C12H20S2. The zero-order chi connectivity index (χ0) is 9.71. The maximum atomic E-state index is 4.53. The average Bonchev–Trinajstić information content (AvgIpc) is 2.71. The van der Waals surface area contributed by atoms with E-state index in [2.05, 4.69) is 25.3 Å². The van der Waals surface area contributed by atoms with Crippen molar-refractivity contribution in [2.24, 2.45) is 35.5 Å². The van der Waals surface area contributed by atoms with Crippen molar-refractivity contribution in [1.82, 2.24) is 0 Å². The number of rotatable bonds is 2. The summed E-state index contributed by atoms with van der Waals surface area (Å²) in [4.78, 5) is 0. The first-order valence-corrected chi connectivity index (χ1v) is 7.31. The van der Waals surface area contributed by atoms with E-state index >= 15 is 0 Å². The van der Waals surface area contributed by atoms with Gasteiger partial charge in [-0.3, -0.25) is 0 Å². The lowest BCUT2D eigenvalue weighted by Gasteiger charge is -2.30. The van der Waals surface area contributed by atoms with Gasteiger partial charge in [0.1, 0.15) is 0 Å². The SMILES string of the molecule is SCC1CC2CC1C1CC2CC1CS. The van der Waals surface area contributed by atoms with Gasteiger partial charge in [-0.05, 0) is 72.7 Å². The first-order chi connectivity index (χ1) is 6.83. The van der Waals surface area contributed by atoms with Gasteiger partial charge in [0.05, 0.1) is 0 Å². The van der Waals surface area contributed by atoms with Gasteiger partial charge in [0.2, 0.25) is 0 Å². The van der Waals surface area contributed by atoms with Gasteiger partial charge >= 0.3 is 0 Å². The largest absolute Gasteiger partial charge is 0.179 e. The van der Waals surface area contributed by atoms with Crippen LogP contribution in [0.4, 0.5) is 0 Å². The Balaban J connectivity index is 1.84. The van der Waals surface area contributed by atoms with Crippen LogP contribution in [0, 0.1) is 35.5 Å². The van der Waals surface area contributed by atoms with Crippen LogP contribution in [0.15, 0.2) is 0 Å². The van der Waals surface area contributed by atoms with Crippen molar-refractivity contribution in [3.63, 3.8) is 0 Å². The van der Waals surface area contributed by atoms with Crippen LogP contribution in [0.1, 0.15) is 25.7 Å². The standard InChI is InChI=1S/C12H20S2/c13-5-9-1-7-3-11(9)12-4-8(7)2-10(12)6-14/h7-14H,1-6H2. The second kappa shape index (κ2) is 3.62. The van der Waals surface area contributed by atoms with Crippen molar-refractivity contribution in [2.75, 3.05) is 11.5 Å². The Hall–Kier alpha value is 0.700. The number of fused-ring (bicyclic) bond motifs is 6. The molecule has 0 heterocycles. The van der Waals surface area contributed by atoms with Gasteiger partial charge < -0.3 is 0 Å². The zero-order valence-electron chi connectivity index (χ0n) is 8.60. The van der Waals surface area contributed by atoms with Gasteiger partial charge in [-0.1, -0.05) is 0 Å². The zero-order valence-corrected chi connectivity index (χ0v) is 10.4. The van der Waals surface area contributed by atoms with E-state index in [-0.39, 0.29) is 0 Å². The molecular weight excluding hydrogens is 208 g/mol. The highest BCUT2D eigenvalue weighted by Gasteiger charge is 2.52. The lowest BCUT2D eigenvalue weighted by atomic mass is 9.76. The Morgan fingerprint density at radius 1 is 0.714 bits per heavy atom. The number of thiol groups is 2. The lowest BCUT2D eigenvalue weighted by molar-refractivity contribution is 0.207. The monoisotopic (exact) mass is 228 g/mol. The smallest absolute Gasteiger partial charge is 0.00666 e. The Morgan fingerprint density at radius 2 is 1.14 bits per heavy atom. The van der Waals surface area contributed by atoms with Gasteiger partial charge in [0.15, 0.2) is 0 Å². The molecule has 0 saturated heterocycles. The van der Waals surface area contributed by atoms with Crippen molar-refractivity contribution in [2.45, 2.75) is 25.7 Å². The normalized spacial score (nSPS) is 55.3. The summed E-state index contributed by atoms with van der Waals surface area (Å²) in [5.74, 6) is 8.33. The molecule has 14 heavy (non-hydrogen) atoms. The van der Waals surface area contributed by atoms with Gasteiger partial charge in [-0.25, -0.2) is 0 Å². The Kier molecular flexibility index (Phi) is 2.56. The molecule has 0 aromatic heterocycles. The van der Waals surface area contributed by atoms with Gasteiger partial charge in [0.25, 0.3) is 0 Å². The van der Waals surface area contributed by atoms with Crippen LogP contribution in [0.2, 0.25) is 0 Å². The second-order valence-electron chi connectivity index (χ2n) is 5.68. The molecule has 6 unspecified atom stereocenters. The number of hydrogen-bond acceptors (Lipinski definition) is 2. The van der Waals surface area contributed by atoms with E-state index in [9.17, 15) is 0 Å². The van der Waals surface area contributed by atoms with Crippen molar-refractivity contribution >= 4 is 25.3 Å². The topological polar surface area (TPSA) is 0 Å². The molecule has 0 nitrogen and oxygen atoms in total.